The van der Waals surface area contributed by atoms with E-state index in [1.54, 1.807) is 0 Å². The first kappa shape index (κ1) is 20.6. The Morgan fingerprint density at radius 3 is 2.47 bits per heavy atom. The standard InChI is InChI=1S/C20H26F2N2O5S/c21-18(22)29-15-1-3-16(4-2-15)30(25,26)17-9-20(10-23-5-6-28-20)11-24(17)14-7-19(8-14)12-27-13-19/h1-4,14,17-18,23H,5-13H2. The first-order chi connectivity index (χ1) is 14.3. The smallest absolute Gasteiger partial charge is 0.387 e. The fourth-order valence-electron chi connectivity index (χ4n) is 5.30. The third-order valence-corrected chi connectivity index (χ3v) is 8.96. The van der Waals surface area contributed by atoms with Crippen molar-refractivity contribution in [3.8, 4) is 5.75 Å². The second-order valence-corrected chi connectivity index (χ2v) is 11.1. The minimum absolute atomic E-state index is 0.0607. The van der Waals surface area contributed by atoms with Crippen molar-refractivity contribution in [2.75, 3.05) is 39.5 Å². The summed E-state index contributed by atoms with van der Waals surface area (Å²) in [6, 6.07) is 5.42. The van der Waals surface area contributed by atoms with E-state index in [-0.39, 0.29) is 22.1 Å². The molecule has 3 heterocycles. The zero-order chi connectivity index (χ0) is 21.0. The summed E-state index contributed by atoms with van der Waals surface area (Å²) >= 11 is 0. The number of morpholine rings is 1. The number of ether oxygens (including phenoxy) is 3. The first-order valence-electron chi connectivity index (χ1n) is 10.3. The molecule has 1 saturated carbocycles. The highest BCUT2D eigenvalue weighted by Gasteiger charge is 2.59. The summed E-state index contributed by atoms with van der Waals surface area (Å²) in [5.41, 5.74) is -0.303. The Morgan fingerprint density at radius 2 is 1.90 bits per heavy atom. The molecule has 1 N–H and O–H groups in total. The highest BCUT2D eigenvalue weighted by Crippen LogP contribution is 2.52. The van der Waals surface area contributed by atoms with Crippen LogP contribution < -0.4 is 10.1 Å². The summed E-state index contributed by atoms with van der Waals surface area (Å²) in [5.74, 6) is -0.0607. The lowest BCUT2D eigenvalue weighted by Crippen LogP contribution is -2.61. The van der Waals surface area contributed by atoms with Crippen LogP contribution in [0.25, 0.3) is 0 Å². The van der Waals surface area contributed by atoms with Crippen LogP contribution in [0.2, 0.25) is 0 Å². The lowest BCUT2D eigenvalue weighted by Gasteiger charge is -2.56. The van der Waals surface area contributed by atoms with Gasteiger partial charge in [0.05, 0.1) is 30.3 Å². The second-order valence-electron chi connectivity index (χ2n) is 8.99. The monoisotopic (exact) mass is 444 g/mol. The molecule has 7 nitrogen and oxygen atoms in total. The van der Waals surface area contributed by atoms with Crippen LogP contribution in [0.1, 0.15) is 19.3 Å². The number of nitrogens with one attached hydrogen (secondary N) is 1. The molecular weight excluding hydrogens is 418 g/mol. The van der Waals surface area contributed by atoms with Gasteiger partial charge in [0.25, 0.3) is 0 Å². The third-order valence-electron chi connectivity index (χ3n) is 6.88. The predicted molar refractivity (Wildman–Crippen MR) is 103 cm³/mol. The largest absolute Gasteiger partial charge is 0.435 e. The van der Waals surface area contributed by atoms with E-state index >= 15 is 0 Å². The molecule has 1 aliphatic carbocycles. The van der Waals surface area contributed by atoms with Gasteiger partial charge >= 0.3 is 6.61 Å². The molecule has 4 fully saturated rings. The molecule has 2 atom stereocenters. The maximum atomic E-state index is 13.6. The molecule has 1 aromatic carbocycles. The number of halogens is 2. The average molecular weight is 445 g/mol. The Bertz CT molecular complexity index is 877. The highest BCUT2D eigenvalue weighted by molar-refractivity contribution is 7.92. The van der Waals surface area contributed by atoms with Crippen molar-refractivity contribution in [2.45, 2.75) is 47.8 Å². The van der Waals surface area contributed by atoms with Crippen LogP contribution in [0.15, 0.2) is 29.2 Å². The molecule has 3 saturated heterocycles. The number of hydrogen-bond acceptors (Lipinski definition) is 7. The molecule has 0 amide bonds. The van der Waals surface area contributed by atoms with Crippen LogP contribution in [0, 0.1) is 5.41 Å². The van der Waals surface area contributed by atoms with Gasteiger partial charge in [-0.25, -0.2) is 8.42 Å². The minimum atomic E-state index is -3.71. The summed E-state index contributed by atoms with van der Waals surface area (Å²) in [5, 5.41) is 2.63. The van der Waals surface area contributed by atoms with Crippen molar-refractivity contribution in [1.29, 1.82) is 0 Å². The molecule has 3 aliphatic heterocycles. The molecule has 4 aliphatic rings. The van der Waals surface area contributed by atoms with Crippen molar-refractivity contribution in [2.24, 2.45) is 5.41 Å². The zero-order valence-corrected chi connectivity index (χ0v) is 17.4. The van der Waals surface area contributed by atoms with E-state index in [0.717, 1.165) is 32.6 Å². The van der Waals surface area contributed by atoms with Gasteiger partial charge in [-0.2, -0.15) is 8.78 Å². The number of hydrogen-bond donors (Lipinski definition) is 1. The molecule has 166 valence electrons. The van der Waals surface area contributed by atoms with Crippen LogP contribution in [-0.2, 0) is 19.3 Å². The van der Waals surface area contributed by atoms with Gasteiger partial charge < -0.3 is 19.5 Å². The highest BCUT2D eigenvalue weighted by atomic mass is 32.2. The topological polar surface area (TPSA) is 77.1 Å². The molecule has 0 aromatic heterocycles. The van der Waals surface area contributed by atoms with Crippen molar-refractivity contribution >= 4 is 9.84 Å². The van der Waals surface area contributed by atoms with E-state index in [4.69, 9.17) is 9.47 Å². The van der Waals surface area contributed by atoms with Gasteiger partial charge in [-0.15, -0.1) is 0 Å². The van der Waals surface area contributed by atoms with Gasteiger partial charge in [-0.05, 0) is 37.1 Å². The Morgan fingerprint density at radius 1 is 1.17 bits per heavy atom. The van der Waals surface area contributed by atoms with E-state index in [0.29, 0.717) is 26.1 Å². The van der Waals surface area contributed by atoms with Crippen LogP contribution in [-0.4, -0.2) is 76.4 Å². The van der Waals surface area contributed by atoms with E-state index < -0.39 is 27.4 Å². The number of sulfone groups is 1. The maximum absolute atomic E-state index is 13.6. The number of rotatable bonds is 5. The summed E-state index contributed by atoms with van der Waals surface area (Å²) in [7, 11) is -3.71. The van der Waals surface area contributed by atoms with Crippen LogP contribution in [0.5, 0.6) is 5.75 Å². The predicted octanol–water partition coefficient (Wildman–Crippen LogP) is 1.63. The van der Waals surface area contributed by atoms with E-state index in [1.165, 1.54) is 24.3 Å². The molecule has 0 radical (unpaired) electrons. The zero-order valence-electron chi connectivity index (χ0n) is 16.6. The Labute approximate surface area is 174 Å². The third kappa shape index (κ3) is 3.52. The van der Waals surface area contributed by atoms with Gasteiger partial charge in [-0.3, -0.25) is 4.90 Å². The summed E-state index contributed by atoms with van der Waals surface area (Å²) in [6.07, 6.45) is 2.25. The Balaban J connectivity index is 1.40. The average Bonchev–Trinajstić information content (AvgIpc) is 2.99. The maximum Gasteiger partial charge on any atom is 0.387 e. The minimum Gasteiger partial charge on any atom is -0.435 e. The van der Waals surface area contributed by atoms with E-state index in [9.17, 15) is 17.2 Å². The number of benzene rings is 1. The van der Waals surface area contributed by atoms with Crippen molar-refractivity contribution in [3.05, 3.63) is 24.3 Å². The number of alkyl halides is 2. The van der Waals surface area contributed by atoms with E-state index in [1.807, 2.05) is 0 Å². The first-order valence-corrected chi connectivity index (χ1v) is 11.8. The number of likely N-dealkylation sites (tertiary alicyclic amines) is 1. The quantitative estimate of drug-likeness (QED) is 0.740. The SMILES string of the molecule is O=S(=O)(c1ccc(OC(F)F)cc1)C1CC2(CNCCO2)CN1C1CC2(COC2)C1. The van der Waals surface area contributed by atoms with Crippen LogP contribution >= 0.6 is 0 Å². The molecule has 1 aromatic rings. The second kappa shape index (κ2) is 7.37. The molecule has 2 unspecified atom stereocenters. The van der Waals surface area contributed by atoms with E-state index in [2.05, 4.69) is 15.0 Å². The lowest BCUT2D eigenvalue weighted by atomic mass is 9.63. The van der Waals surface area contributed by atoms with Gasteiger partial charge in [-0.1, -0.05) is 0 Å². The van der Waals surface area contributed by atoms with Crippen molar-refractivity contribution in [3.63, 3.8) is 0 Å². The Kier molecular flexibility index (Phi) is 5.05. The van der Waals surface area contributed by atoms with Crippen LogP contribution in [0.4, 0.5) is 8.78 Å². The summed E-state index contributed by atoms with van der Waals surface area (Å²) < 4.78 is 67.8. The van der Waals surface area contributed by atoms with Gasteiger partial charge in [0, 0.05) is 37.5 Å². The molecule has 10 heteroatoms. The summed E-state index contributed by atoms with van der Waals surface area (Å²) in [6.45, 7) is 1.07. The van der Waals surface area contributed by atoms with Crippen molar-refractivity contribution in [1.82, 2.24) is 10.2 Å². The normalized spacial score (nSPS) is 31.8. The molecular formula is C20H26F2N2O5S. The van der Waals surface area contributed by atoms with Crippen LogP contribution in [0.3, 0.4) is 0 Å². The molecule has 2 spiro atoms. The van der Waals surface area contributed by atoms with Gasteiger partial charge in [0.2, 0.25) is 0 Å². The Hall–Kier alpha value is -1.33. The fourth-order valence-corrected chi connectivity index (χ4v) is 7.25. The lowest BCUT2D eigenvalue weighted by molar-refractivity contribution is -0.185. The summed E-state index contributed by atoms with van der Waals surface area (Å²) in [4.78, 5) is 2.20. The molecule has 5 rings (SSSR count). The van der Waals surface area contributed by atoms with Gasteiger partial charge in [0.15, 0.2) is 9.84 Å². The van der Waals surface area contributed by atoms with Crippen molar-refractivity contribution < 1.29 is 31.4 Å². The molecule has 0 bridgehead atoms. The fraction of sp³-hybridized carbons (Fsp3) is 0.700. The number of nitrogens with zero attached hydrogens (tertiary/aromatic N) is 1. The molecule has 30 heavy (non-hydrogen) atoms. The van der Waals surface area contributed by atoms with Gasteiger partial charge in [0.1, 0.15) is 11.1 Å².